The molecule has 2 saturated heterocycles. The normalized spacial score (nSPS) is 19.9. The molecule has 4 heterocycles. The summed E-state index contributed by atoms with van der Waals surface area (Å²) in [6.45, 7) is 12.1. The number of nitriles is 1. The number of anilines is 1. The summed E-state index contributed by atoms with van der Waals surface area (Å²) in [6, 6.07) is 13.0. The maximum absolute atomic E-state index is 15.5. The van der Waals surface area contributed by atoms with Gasteiger partial charge >= 0.3 is 0 Å². The number of methoxy groups -OCH3 is 2. The average molecular weight is 745 g/mol. The lowest BCUT2D eigenvalue weighted by Gasteiger charge is -2.43. The number of ether oxygens (including phenoxy) is 3. The van der Waals surface area contributed by atoms with Gasteiger partial charge in [-0.05, 0) is 68.6 Å². The van der Waals surface area contributed by atoms with Crippen molar-refractivity contribution in [2.24, 2.45) is 0 Å². The van der Waals surface area contributed by atoms with E-state index >= 15 is 4.79 Å². The Balaban J connectivity index is 1.50. The van der Waals surface area contributed by atoms with Crippen LogP contribution in [0.2, 0.25) is 0 Å². The molecule has 1 aromatic heterocycles. The summed E-state index contributed by atoms with van der Waals surface area (Å²) in [5, 5.41) is 10.5. The minimum atomic E-state index is -4.59. The summed E-state index contributed by atoms with van der Waals surface area (Å²) in [6.07, 6.45) is 2.95. The van der Waals surface area contributed by atoms with Gasteiger partial charge in [-0.1, -0.05) is 19.9 Å². The molecular formula is C39H48N6O7S. The molecule has 3 aliphatic heterocycles. The molecule has 3 aliphatic rings. The van der Waals surface area contributed by atoms with Crippen molar-refractivity contribution in [2.45, 2.75) is 62.8 Å². The van der Waals surface area contributed by atoms with Crippen molar-refractivity contribution in [3.8, 4) is 23.4 Å². The van der Waals surface area contributed by atoms with E-state index in [2.05, 4.69) is 27.8 Å². The molecule has 2 amide bonds. The highest BCUT2D eigenvalue weighted by molar-refractivity contribution is 7.93. The van der Waals surface area contributed by atoms with Crippen molar-refractivity contribution in [3.05, 3.63) is 70.9 Å². The Kier molecular flexibility index (Phi) is 11.3. The molecule has 14 heteroatoms. The number of carbonyl (C=O) groups excluding carboxylic acids is 2. The number of likely N-dealkylation sites (tertiary alicyclic amines) is 1. The Morgan fingerprint density at radius 3 is 2.28 bits per heavy atom. The number of pyridine rings is 1. The van der Waals surface area contributed by atoms with Crippen LogP contribution in [0.1, 0.15) is 62.3 Å². The Labute approximate surface area is 312 Å². The third-order valence-electron chi connectivity index (χ3n) is 11.0. The van der Waals surface area contributed by atoms with Crippen LogP contribution in [0.15, 0.2) is 53.6 Å². The van der Waals surface area contributed by atoms with E-state index in [1.165, 1.54) is 50.7 Å². The summed E-state index contributed by atoms with van der Waals surface area (Å²) in [5.74, 6) is -0.501. The molecule has 1 atom stereocenters. The summed E-state index contributed by atoms with van der Waals surface area (Å²) >= 11 is 0. The number of amides is 2. The van der Waals surface area contributed by atoms with E-state index < -0.39 is 27.8 Å². The second kappa shape index (κ2) is 15.7. The molecule has 6 rings (SSSR count). The van der Waals surface area contributed by atoms with Crippen LogP contribution in [-0.4, -0.2) is 113 Å². The first-order valence-electron chi connectivity index (χ1n) is 18.3. The SMILES string of the molecule is CCOc1ncccc1C1(CC(=O)N2CCC(N3CCN(CC)CC3)CC2)C(=O)N(S(=O)(=O)c2ccc(OC)cc2)c2cc(OC)c(C#N)c(CC)c21. The van der Waals surface area contributed by atoms with E-state index in [-0.39, 0.29) is 57.8 Å². The minimum Gasteiger partial charge on any atom is -0.497 e. The van der Waals surface area contributed by atoms with Crippen LogP contribution in [0.3, 0.4) is 0 Å². The molecule has 2 aromatic carbocycles. The van der Waals surface area contributed by atoms with E-state index in [4.69, 9.17) is 14.2 Å². The smallest absolute Gasteiger partial charge is 0.270 e. The van der Waals surface area contributed by atoms with Crippen LogP contribution < -0.4 is 18.5 Å². The lowest BCUT2D eigenvalue weighted by Crippen LogP contribution is -2.54. The fourth-order valence-electron chi connectivity index (χ4n) is 8.19. The van der Waals surface area contributed by atoms with E-state index in [1.807, 2.05) is 6.92 Å². The molecule has 0 spiro atoms. The maximum atomic E-state index is 15.5. The number of hydrogen-bond acceptors (Lipinski definition) is 11. The first kappa shape index (κ1) is 38.0. The Bertz CT molecular complexity index is 1980. The number of rotatable bonds is 12. The topological polar surface area (TPSA) is 146 Å². The fourth-order valence-corrected chi connectivity index (χ4v) is 9.66. The average Bonchev–Trinajstić information content (AvgIpc) is 3.44. The van der Waals surface area contributed by atoms with E-state index in [1.54, 1.807) is 24.0 Å². The van der Waals surface area contributed by atoms with Gasteiger partial charge in [0.2, 0.25) is 11.8 Å². The molecular weight excluding hydrogens is 697 g/mol. The summed E-state index contributed by atoms with van der Waals surface area (Å²) in [5.41, 5.74) is -0.824. The molecule has 2 fully saturated rings. The van der Waals surface area contributed by atoms with Crippen LogP contribution >= 0.6 is 0 Å². The summed E-state index contributed by atoms with van der Waals surface area (Å²) < 4.78 is 47.1. The van der Waals surface area contributed by atoms with Gasteiger partial charge in [-0.2, -0.15) is 5.26 Å². The zero-order chi connectivity index (χ0) is 37.9. The Morgan fingerprint density at radius 2 is 1.70 bits per heavy atom. The number of hydrogen-bond donors (Lipinski definition) is 0. The number of sulfonamides is 1. The van der Waals surface area contributed by atoms with Gasteiger partial charge in [-0.15, -0.1) is 0 Å². The van der Waals surface area contributed by atoms with Gasteiger partial charge in [-0.3, -0.25) is 14.5 Å². The van der Waals surface area contributed by atoms with Gasteiger partial charge in [0, 0.05) is 75.1 Å². The van der Waals surface area contributed by atoms with Crippen LogP contribution in [0, 0.1) is 11.3 Å². The van der Waals surface area contributed by atoms with Crippen molar-refractivity contribution >= 4 is 27.5 Å². The standard InChI is InChI=1S/C39H48N6O7S/c1-6-30-31(26-40)34(51-5)24-33-36(30)39(32-10-9-17-41-37(32)52-8-3,38(47)45(33)53(48,49)29-13-11-28(50-4)12-14-29)25-35(46)44-18-15-27(16-19-44)43-22-20-42(7-2)21-23-43/h9-14,17,24,27H,6-8,15-16,18-23,25H2,1-5H3. The van der Waals surface area contributed by atoms with Crippen molar-refractivity contribution in [3.63, 3.8) is 0 Å². The van der Waals surface area contributed by atoms with Crippen LogP contribution in [0.4, 0.5) is 5.69 Å². The first-order valence-corrected chi connectivity index (χ1v) is 19.7. The highest BCUT2D eigenvalue weighted by Crippen LogP contribution is 2.55. The quantitative estimate of drug-likeness (QED) is 0.266. The monoisotopic (exact) mass is 744 g/mol. The van der Waals surface area contributed by atoms with Gasteiger partial charge in [0.1, 0.15) is 23.0 Å². The van der Waals surface area contributed by atoms with Crippen LogP contribution in [0.5, 0.6) is 17.4 Å². The van der Waals surface area contributed by atoms with Crippen molar-refractivity contribution in [2.75, 3.05) is 70.9 Å². The van der Waals surface area contributed by atoms with E-state index in [9.17, 15) is 18.5 Å². The van der Waals surface area contributed by atoms with Gasteiger partial charge in [0.25, 0.3) is 15.9 Å². The number of fused-ring (bicyclic) bond motifs is 1. The molecule has 0 saturated carbocycles. The van der Waals surface area contributed by atoms with Gasteiger partial charge in [-0.25, -0.2) is 17.7 Å². The van der Waals surface area contributed by atoms with Crippen LogP contribution in [0.25, 0.3) is 0 Å². The third-order valence-corrected chi connectivity index (χ3v) is 12.7. The van der Waals surface area contributed by atoms with Gasteiger partial charge < -0.3 is 24.0 Å². The van der Waals surface area contributed by atoms with E-state index in [0.717, 1.165) is 49.9 Å². The van der Waals surface area contributed by atoms with Gasteiger partial charge in [0.05, 0.1) is 37.0 Å². The zero-order valence-corrected chi connectivity index (χ0v) is 31.9. The number of aromatic nitrogens is 1. The molecule has 53 heavy (non-hydrogen) atoms. The highest BCUT2D eigenvalue weighted by Gasteiger charge is 2.60. The number of likely N-dealkylation sites (N-methyl/N-ethyl adjacent to an activating group) is 1. The Morgan fingerprint density at radius 1 is 1.00 bits per heavy atom. The van der Waals surface area contributed by atoms with E-state index in [0.29, 0.717) is 30.4 Å². The third kappa shape index (κ3) is 6.70. The van der Waals surface area contributed by atoms with Gasteiger partial charge in [0.15, 0.2) is 0 Å². The summed E-state index contributed by atoms with van der Waals surface area (Å²) in [7, 11) is -1.73. The predicted octanol–water partition coefficient (Wildman–Crippen LogP) is 3.97. The molecule has 0 N–H and O–H groups in total. The number of carbonyl (C=O) groups is 2. The maximum Gasteiger partial charge on any atom is 0.270 e. The largest absolute Gasteiger partial charge is 0.497 e. The molecule has 0 radical (unpaired) electrons. The van der Waals surface area contributed by atoms with Crippen molar-refractivity contribution < 1.29 is 32.2 Å². The van der Waals surface area contributed by atoms with Crippen molar-refractivity contribution in [1.29, 1.82) is 5.26 Å². The number of nitrogens with zero attached hydrogens (tertiary/aromatic N) is 6. The second-order valence-electron chi connectivity index (χ2n) is 13.5. The number of piperidine rings is 1. The number of benzene rings is 2. The first-order chi connectivity index (χ1) is 25.6. The molecule has 0 aliphatic carbocycles. The summed E-state index contributed by atoms with van der Waals surface area (Å²) in [4.78, 5) is 41.3. The second-order valence-corrected chi connectivity index (χ2v) is 15.3. The highest BCUT2D eigenvalue weighted by atomic mass is 32.2. The lowest BCUT2D eigenvalue weighted by molar-refractivity contribution is -0.136. The van der Waals surface area contributed by atoms with Crippen LogP contribution in [-0.2, 0) is 31.4 Å². The fraction of sp³-hybridized carbons (Fsp3) is 0.487. The number of piperazine rings is 1. The molecule has 13 nitrogen and oxygen atoms in total. The molecule has 3 aromatic rings. The minimum absolute atomic E-state index is 0.0162. The molecule has 1 unspecified atom stereocenters. The molecule has 282 valence electrons. The Hall–Kier alpha value is -4.71. The lowest BCUT2D eigenvalue weighted by atomic mass is 9.70. The zero-order valence-electron chi connectivity index (χ0n) is 31.1. The molecule has 0 bridgehead atoms. The van der Waals surface area contributed by atoms with Crippen molar-refractivity contribution in [1.82, 2.24) is 19.7 Å². The predicted molar refractivity (Wildman–Crippen MR) is 199 cm³/mol.